The van der Waals surface area contributed by atoms with Gasteiger partial charge in [-0.2, -0.15) is 0 Å². The van der Waals surface area contributed by atoms with Gasteiger partial charge in [0, 0.05) is 20.1 Å². The van der Waals surface area contributed by atoms with Crippen LogP contribution in [0.3, 0.4) is 0 Å². The summed E-state index contributed by atoms with van der Waals surface area (Å²) in [6, 6.07) is 10.4. The molecule has 0 aromatic heterocycles. The highest BCUT2D eigenvalue weighted by molar-refractivity contribution is 5.83. The summed E-state index contributed by atoms with van der Waals surface area (Å²) < 4.78 is 0. The SMILES string of the molecule is CN(CCCc1ccccc1)C(=O)C1(CN)CCCC1. The molecule has 3 heteroatoms. The lowest BCUT2D eigenvalue weighted by Crippen LogP contribution is -2.45. The molecule has 1 aromatic rings. The number of hydrogen-bond acceptors (Lipinski definition) is 2. The van der Waals surface area contributed by atoms with E-state index in [9.17, 15) is 4.79 Å². The van der Waals surface area contributed by atoms with E-state index in [-0.39, 0.29) is 11.3 Å². The summed E-state index contributed by atoms with van der Waals surface area (Å²) in [6.07, 6.45) is 6.24. The Morgan fingerprint density at radius 1 is 1.25 bits per heavy atom. The maximum absolute atomic E-state index is 12.6. The number of nitrogens with zero attached hydrogens (tertiary/aromatic N) is 1. The van der Waals surface area contributed by atoms with Gasteiger partial charge in [0.25, 0.3) is 0 Å². The van der Waals surface area contributed by atoms with E-state index < -0.39 is 0 Å². The maximum Gasteiger partial charge on any atom is 0.229 e. The Balaban J connectivity index is 1.82. The zero-order valence-electron chi connectivity index (χ0n) is 12.5. The lowest BCUT2D eigenvalue weighted by Gasteiger charge is -2.31. The molecular weight excluding hydrogens is 248 g/mol. The van der Waals surface area contributed by atoms with Gasteiger partial charge in [0.15, 0.2) is 0 Å². The van der Waals surface area contributed by atoms with Crippen molar-refractivity contribution in [3.05, 3.63) is 35.9 Å². The molecule has 110 valence electrons. The highest BCUT2D eigenvalue weighted by Crippen LogP contribution is 2.38. The fraction of sp³-hybridized carbons (Fsp3) is 0.588. The van der Waals surface area contributed by atoms with Crippen LogP contribution >= 0.6 is 0 Å². The first-order valence-electron chi connectivity index (χ1n) is 7.67. The molecule has 0 unspecified atom stereocenters. The van der Waals surface area contributed by atoms with Gasteiger partial charge in [0.1, 0.15) is 0 Å². The fourth-order valence-electron chi connectivity index (χ4n) is 3.23. The van der Waals surface area contributed by atoms with Crippen LogP contribution in [0.2, 0.25) is 0 Å². The smallest absolute Gasteiger partial charge is 0.229 e. The first kappa shape index (κ1) is 15.0. The molecule has 1 aromatic carbocycles. The van der Waals surface area contributed by atoms with E-state index in [2.05, 4.69) is 24.3 Å². The summed E-state index contributed by atoms with van der Waals surface area (Å²) in [5.74, 6) is 0.255. The Bertz CT molecular complexity index is 424. The summed E-state index contributed by atoms with van der Waals surface area (Å²) in [5.41, 5.74) is 6.95. The van der Waals surface area contributed by atoms with E-state index in [1.54, 1.807) is 0 Å². The largest absolute Gasteiger partial charge is 0.345 e. The van der Waals surface area contributed by atoms with Crippen molar-refractivity contribution in [3.63, 3.8) is 0 Å². The van der Waals surface area contributed by atoms with Gasteiger partial charge >= 0.3 is 0 Å². The highest BCUT2D eigenvalue weighted by Gasteiger charge is 2.41. The third-order valence-electron chi connectivity index (χ3n) is 4.55. The summed E-state index contributed by atoms with van der Waals surface area (Å²) in [7, 11) is 1.92. The normalized spacial score (nSPS) is 17.1. The average Bonchev–Trinajstić information content (AvgIpc) is 2.97. The summed E-state index contributed by atoms with van der Waals surface area (Å²) in [5, 5.41) is 0. The predicted octanol–water partition coefficient (Wildman–Crippen LogP) is 2.60. The van der Waals surface area contributed by atoms with E-state index in [1.807, 2.05) is 18.0 Å². The Labute approximate surface area is 122 Å². The van der Waals surface area contributed by atoms with Crippen LogP contribution in [0.25, 0.3) is 0 Å². The van der Waals surface area contributed by atoms with Gasteiger partial charge in [-0.05, 0) is 31.2 Å². The Kier molecular flexibility index (Phi) is 5.18. The second-order valence-corrected chi connectivity index (χ2v) is 6.01. The maximum atomic E-state index is 12.6. The molecule has 3 nitrogen and oxygen atoms in total. The summed E-state index contributed by atoms with van der Waals surface area (Å²) in [6.45, 7) is 1.31. The van der Waals surface area contributed by atoms with Crippen LogP contribution < -0.4 is 5.73 Å². The van der Waals surface area contributed by atoms with Crippen molar-refractivity contribution in [2.24, 2.45) is 11.1 Å². The molecule has 0 aliphatic heterocycles. The number of hydrogen-bond donors (Lipinski definition) is 1. The Hall–Kier alpha value is -1.35. The number of carbonyl (C=O) groups is 1. The molecule has 1 aliphatic rings. The predicted molar refractivity (Wildman–Crippen MR) is 82.4 cm³/mol. The zero-order chi connectivity index (χ0) is 14.4. The summed E-state index contributed by atoms with van der Waals surface area (Å²) in [4.78, 5) is 14.5. The van der Waals surface area contributed by atoms with Crippen molar-refractivity contribution in [1.82, 2.24) is 4.90 Å². The molecular formula is C17H26N2O. The van der Waals surface area contributed by atoms with Gasteiger partial charge in [-0.3, -0.25) is 4.79 Å². The molecule has 1 aliphatic carbocycles. The van der Waals surface area contributed by atoms with Crippen molar-refractivity contribution >= 4 is 5.91 Å². The van der Waals surface area contributed by atoms with Crippen molar-refractivity contribution in [3.8, 4) is 0 Å². The van der Waals surface area contributed by atoms with Gasteiger partial charge in [-0.15, -0.1) is 0 Å². The van der Waals surface area contributed by atoms with Crippen LogP contribution in [0.5, 0.6) is 0 Å². The number of aryl methyl sites for hydroxylation is 1. The molecule has 0 spiro atoms. The van der Waals surface area contributed by atoms with Gasteiger partial charge in [0.05, 0.1) is 5.41 Å². The van der Waals surface area contributed by atoms with Crippen LogP contribution in [0, 0.1) is 5.41 Å². The quantitative estimate of drug-likeness (QED) is 0.866. The van der Waals surface area contributed by atoms with Crippen LogP contribution in [0.1, 0.15) is 37.7 Å². The molecule has 2 N–H and O–H groups in total. The number of carbonyl (C=O) groups excluding carboxylic acids is 1. The highest BCUT2D eigenvalue weighted by atomic mass is 16.2. The van der Waals surface area contributed by atoms with Gasteiger partial charge < -0.3 is 10.6 Å². The molecule has 20 heavy (non-hydrogen) atoms. The first-order chi connectivity index (χ1) is 9.68. The van der Waals surface area contributed by atoms with E-state index >= 15 is 0 Å². The van der Waals surface area contributed by atoms with Crippen molar-refractivity contribution in [1.29, 1.82) is 0 Å². The minimum atomic E-state index is -0.262. The van der Waals surface area contributed by atoms with E-state index in [0.717, 1.165) is 45.1 Å². The number of rotatable bonds is 6. The lowest BCUT2D eigenvalue weighted by molar-refractivity contribution is -0.140. The number of benzene rings is 1. The minimum absolute atomic E-state index is 0.255. The number of nitrogens with two attached hydrogens (primary N) is 1. The lowest BCUT2D eigenvalue weighted by atomic mass is 9.84. The number of amides is 1. The second kappa shape index (κ2) is 6.89. The van der Waals surface area contributed by atoms with Gasteiger partial charge in [0.2, 0.25) is 5.91 Å². The Morgan fingerprint density at radius 3 is 2.50 bits per heavy atom. The minimum Gasteiger partial charge on any atom is -0.345 e. The topological polar surface area (TPSA) is 46.3 Å². The molecule has 0 atom stereocenters. The third-order valence-corrected chi connectivity index (χ3v) is 4.55. The monoisotopic (exact) mass is 274 g/mol. The first-order valence-corrected chi connectivity index (χ1v) is 7.67. The molecule has 1 saturated carbocycles. The van der Waals surface area contributed by atoms with Crippen LogP contribution in [-0.2, 0) is 11.2 Å². The van der Waals surface area contributed by atoms with Crippen molar-refractivity contribution < 1.29 is 4.79 Å². The molecule has 1 fully saturated rings. The van der Waals surface area contributed by atoms with Crippen molar-refractivity contribution in [2.45, 2.75) is 38.5 Å². The summed E-state index contributed by atoms with van der Waals surface area (Å²) >= 11 is 0. The average molecular weight is 274 g/mol. The van der Waals surface area contributed by atoms with Crippen LogP contribution in [0.4, 0.5) is 0 Å². The van der Waals surface area contributed by atoms with Crippen LogP contribution in [0.15, 0.2) is 30.3 Å². The van der Waals surface area contributed by atoms with E-state index in [4.69, 9.17) is 5.73 Å². The molecule has 2 rings (SSSR count). The Morgan fingerprint density at radius 2 is 1.90 bits per heavy atom. The van der Waals surface area contributed by atoms with E-state index in [1.165, 1.54) is 5.56 Å². The van der Waals surface area contributed by atoms with Gasteiger partial charge in [-0.1, -0.05) is 43.2 Å². The molecule has 1 amide bonds. The molecule has 0 radical (unpaired) electrons. The van der Waals surface area contributed by atoms with Gasteiger partial charge in [-0.25, -0.2) is 0 Å². The zero-order valence-corrected chi connectivity index (χ0v) is 12.5. The third kappa shape index (κ3) is 3.40. The second-order valence-electron chi connectivity index (χ2n) is 6.01. The van der Waals surface area contributed by atoms with E-state index in [0.29, 0.717) is 6.54 Å². The molecule has 0 saturated heterocycles. The fourth-order valence-corrected chi connectivity index (χ4v) is 3.23. The van der Waals surface area contributed by atoms with Crippen LogP contribution in [-0.4, -0.2) is 30.9 Å². The molecule has 0 heterocycles. The molecule has 0 bridgehead atoms. The van der Waals surface area contributed by atoms with Crippen molar-refractivity contribution in [2.75, 3.05) is 20.1 Å². The standard InChI is InChI=1S/C17H26N2O/c1-19(13-7-10-15-8-3-2-4-9-15)16(20)17(14-18)11-5-6-12-17/h2-4,8-9H,5-7,10-14,18H2,1H3.